The van der Waals surface area contributed by atoms with Gasteiger partial charge in [-0.05, 0) is 79.4 Å². The largest absolute Gasteiger partial charge is 0.478 e. The highest BCUT2D eigenvalue weighted by Gasteiger charge is 2.22. The quantitative estimate of drug-likeness (QED) is 0.266. The monoisotopic (exact) mass is 511 g/mol. The summed E-state index contributed by atoms with van der Waals surface area (Å²) in [5, 5.41) is 17.6. The summed E-state index contributed by atoms with van der Waals surface area (Å²) < 4.78 is 7.41. The number of benzene rings is 2. The molecule has 194 valence electrons. The Morgan fingerprint density at radius 3 is 2.50 bits per heavy atom. The van der Waals surface area contributed by atoms with E-state index in [9.17, 15) is 9.59 Å². The van der Waals surface area contributed by atoms with Crippen LogP contribution >= 0.6 is 0 Å². The van der Waals surface area contributed by atoms with Crippen LogP contribution in [0.2, 0.25) is 0 Å². The Labute approximate surface area is 220 Å². The van der Waals surface area contributed by atoms with Crippen LogP contribution in [-0.2, 0) is 24.3 Å². The first-order valence-corrected chi connectivity index (χ1v) is 12.7. The number of pyridine rings is 1. The first-order valence-electron chi connectivity index (χ1n) is 12.7. The summed E-state index contributed by atoms with van der Waals surface area (Å²) in [4.78, 5) is 30.2. The number of hydrogen-bond acceptors (Lipinski definition) is 7. The fraction of sp³-hybridized carbons (Fsp3) is 0.276. The number of carbonyl (C=O) groups excluding carboxylic acids is 1. The Hall–Kier alpha value is -4.37. The van der Waals surface area contributed by atoms with Crippen molar-refractivity contribution in [1.82, 2.24) is 24.9 Å². The summed E-state index contributed by atoms with van der Waals surface area (Å²) in [5.74, 6) is -0.447. The Bertz CT molecular complexity index is 1380. The van der Waals surface area contributed by atoms with E-state index in [1.807, 2.05) is 41.2 Å². The van der Waals surface area contributed by atoms with Gasteiger partial charge in [-0.25, -0.2) is 9.48 Å². The van der Waals surface area contributed by atoms with Gasteiger partial charge in [0.05, 0.1) is 36.1 Å². The molecule has 9 nitrogen and oxygen atoms in total. The molecule has 0 spiro atoms. The van der Waals surface area contributed by atoms with Crippen molar-refractivity contribution in [2.45, 2.75) is 38.3 Å². The van der Waals surface area contributed by atoms with Crippen LogP contribution in [-0.4, -0.2) is 55.0 Å². The van der Waals surface area contributed by atoms with Crippen LogP contribution in [0.5, 0.6) is 5.75 Å². The maximum Gasteiger partial charge on any atom is 0.335 e. The Morgan fingerprint density at radius 2 is 1.76 bits per heavy atom. The SMILES string of the molecule is O=C(Cc1ccc(C(=O)O)cc1)Oc1cccc(C2CCN(Cc3cn(Cc4ccccn4)nn3)CC2)c1. The molecule has 1 saturated heterocycles. The average Bonchev–Trinajstić information content (AvgIpc) is 3.36. The molecule has 0 atom stereocenters. The lowest BCUT2D eigenvalue weighted by atomic mass is 9.89. The smallest absolute Gasteiger partial charge is 0.335 e. The molecule has 0 radical (unpaired) electrons. The number of carbonyl (C=O) groups is 2. The van der Waals surface area contributed by atoms with Crippen molar-refractivity contribution < 1.29 is 19.4 Å². The van der Waals surface area contributed by atoms with Crippen LogP contribution in [0, 0.1) is 0 Å². The van der Waals surface area contributed by atoms with Crippen molar-refractivity contribution in [1.29, 1.82) is 0 Å². The second-order valence-electron chi connectivity index (χ2n) is 9.50. The van der Waals surface area contributed by atoms with E-state index in [-0.39, 0.29) is 18.0 Å². The zero-order valence-electron chi connectivity index (χ0n) is 20.9. The normalized spacial score (nSPS) is 14.3. The zero-order valence-corrected chi connectivity index (χ0v) is 20.9. The zero-order chi connectivity index (χ0) is 26.3. The molecule has 0 amide bonds. The van der Waals surface area contributed by atoms with E-state index < -0.39 is 5.97 Å². The summed E-state index contributed by atoms with van der Waals surface area (Å²) in [7, 11) is 0. The minimum absolute atomic E-state index is 0.0784. The Balaban J connectivity index is 1.10. The maximum absolute atomic E-state index is 12.4. The summed E-state index contributed by atoms with van der Waals surface area (Å²) in [6.07, 6.45) is 5.86. The molecule has 0 saturated carbocycles. The molecule has 1 N–H and O–H groups in total. The minimum Gasteiger partial charge on any atom is -0.478 e. The lowest BCUT2D eigenvalue weighted by Crippen LogP contribution is -2.32. The second kappa shape index (κ2) is 11.8. The molecule has 1 aliphatic rings. The molecule has 5 rings (SSSR count). The average molecular weight is 512 g/mol. The molecule has 0 bridgehead atoms. The molecule has 4 aromatic rings. The molecule has 0 unspecified atom stereocenters. The summed E-state index contributed by atoms with van der Waals surface area (Å²) in [6, 6.07) is 19.8. The highest BCUT2D eigenvalue weighted by Crippen LogP contribution is 2.30. The van der Waals surface area contributed by atoms with Crippen molar-refractivity contribution in [2.24, 2.45) is 0 Å². The van der Waals surface area contributed by atoms with Gasteiger partial charge in [0, 0.05) is 12.7 Å². The van der Waals surface area contributed by atoms with Gasteiger partial charge in [-0.3, -0.25) is 14.7 Å². The third-order valence-corrected chi connectivity index (χ3v) is 6.72. The number of ether oxygens (including phenoxy) is 1. The standard InChI is InChI=1S/C29H29N5O4/c35-28(16-21-7-9-23(10-8-21)29(36)37)38-27-6-3-4-24(17-27)22-11-14-33(15-12-22)18-26-20-34(32-31-26)19-25-5-1-2-13-30-25/h1-10,13,17,20,22H,11-12,14-16,18-19H2,(H,36,37). The molecule has 1 fully saturated rings. The van der Waals surface area contributed by atoms with E-state index in [0.717, 1.165) is 43.9 Å². The molecule has 38 heavy (non-hydrogen) atoms. The van der Waals surface area contributed by atoms with E-state index in [1.165, 1.54) is 17.7 Å². The van der Waals surface area contributed by atoms with Crippen molar-refractivity contribution in [3.8, 4) is 5.75 Å². The highest BCUT2D eigenvalue weighted by molar-refractivity contribution is 5.87. The molecule has 0 aliphatic carbocycles. The van der Waals surface area contributed by atoms with Gasteiger partial charge in [0.1, 0.15) is 5.75 Å². The first-order chi connectivity index (χ1) is 18.5. The number of esters is 1. The van der Waals surface area contributed by atoms with Gasteiger partial charge in [0.25, 0.3) is 0 Å². The number of aromatic carboxylic acids is 1. The fourth-order valence-electron chi connectivity index (χ4n) is 4.73. The van der Waals surface area contributed by atoms with E-state index in [4.69, 9.17) is 9.84 Å². The molecule has 2 aromatic heterocycles. The summed E-state index contributed by atoms with van der Waals surface area (Å²) in [5.41, 5.74) is 3.97. The number of carboxylic acid groups (broad SMARTS) is 1. The number of carboxylic acids is 1. The summed E-state index contributed by atoms with van der Waals surface area (Å²) >= 11 is 0. The van der Waals surface area contributed by atoms with Crippen LogP contribution < -0.4 is 4.74 Å². The third-order valence-electron chi connectivity index (χ3n) is 6.72. The molecular formula is C29H29N5O4. The molecular weight excluding hydrogens is 482 g/mol. The van der Waals surface area contributed by atoms with Crippen molar-refractivity contribution in [2.75, 3.05) is 13.1 Å². The van der Waals surface area contributed by atoms with Crippen LogP contribution in [0.25, 0.3) is 0 Å². The van der Waals surface area contributed by atoms with Crippen LogP contribution in [0.1, 0.15) is 51.6 Å². The van der Waals surface area contributed by atoms with Crippen molar-refractivity contribution in [3.05, 3.63) is 107 Å². The van der Waals surface area contributed by atoms with Crippen LogP contribution in [0.15, 0.2) is 79.1 Å². The number of rotatable bonds is 9. The second-order valence-corrected chi connectivity index (χ2v) is 9.50. The van der Waals surface area contributed by atoms with Gasteiger partial charge < -0.3 is 9.84 Å². The minimum atomic E-state index is -0.994. The number of likely N-dealkylation sites (tertiary alicyclic amines) is 1. The molecule has 9 heteroatoms. The van der Waals surface area contributed by atoms with Gasteiger partial charge in [0.15, 0.2) is 0 Å². The maximum atomic E-state index is 12.4. The van der Waals surface area contributed by atoms with Gasteiger partial charge in [-0.1, -0.05) is 35.5 Å². The van der Waals surface area contributed by atoms with Gasteiger partial charge >= 0.3 is 11.9 Å². The van der Waals surface area contributed by atoms with E-state index in [1.54, 1.807) is 24.4 Å². The number of nitrogens with zero attached hydrogens (tertiary/aromatic N) is 5. The van der Waals surface area contributed by atoms with Crippen molar-refractivity contribution >= 4 is 11.9 Å². The molecule has 3 heterocycles. The topological polar surface area (TPSA) is 110 Å². The first kappa shape index (κ1) is 25.3. The van der Waals surface area contributed by atoms with Crippen molar-refractivity contribution in [3.63, 3.8) is 0 Å². The molecule has 2 aromatic carbocycles. The molecule has 1 aliphatic heterocycles. The third kappa shape index (κ3) is 6.68. The van der Waals surface area contributed by atoms with Crippen LogP contribution in [0.3, 0.4) is 0 Å². The van der Waals surface area contributed by atoms with E-state index in [0.29, 0.717) is 23.8 Å². The predicted molar refractivity (Wildman–Crippen MR) is 140 cm³/mol. The predicted octanol–water partition coefficient (Wildman–Crippen LogP) is 3.95. The number of piperidine rings is 1. The van der Waals surface area contributed by atoms with Gasteiger partial charge in [-0.2, -0.15) is 0 Å². The summed E-state index contributed by atoms with van der Waals surface area (Å²) in [6.45, 7) is 3.27. The number of aromatic nitrogens is 4. The van der Waals surface area contributed by atoms with Crippen LogP contribution in [0.4, 0.5) is 0 Å². The van der Waals surface area contributed by atoms with E-state index in [2.05, 4.69) is 26.3 Å². The number of hydrogen-bond donors (Lipinski definition) is 1. The van der Waals surface area contributed by atoms with E-state index >= 15 is 0 Å². The lowest BCUT2D eigenvalue weighted by Gasteiger charge is -2.31. The van der Waals surface area contributed by atoms with Gasteiger partial charge in [0.2, 0.25) is 0 Å². The fourth-order valence-corrected chi connectivity index (χ4v) is 4.73. The highest BCUT2D eigenvalue weighted by atomic mass is 16.5. The Morgan fingerprint density at radius 1 is 0.947 bits per heavy atom. The lowest BCUT2D eigenvalue weighted by molar-refractivity contribution is -0.133. The Kier molecular flexibility index (Phi) is 7.84. The van der Waals surface area contributed by atoms with Gasteiger partial charge in [-0.15, -0.1) is 5.10 Å².